The van der Waals surface area contributed by atoms with Crippen LogP contribution in [-0.2, 0) is 0 Å². The molecule has 0 aliphatic carbocycles. The van der Waals surface area contributed by atoms with Crippen LogP contribution < -0.4 is 10.5 Å². The third-order valence-corrected chi connectivity index (χ3v) is 3.10. The fourth-order valence-corrected chi connectivity index (χ4v) is 2.08. The molecular weight excluding hydrogens is 274 g/mol. The Morgan fingerprint density at radius 1 is 1.39 bits per heavy atom. The monoisotopic (exact) mass is 283 g/mol. The molecule has 2 N–H and O–H groups in total. The molecule has 2 heterocycles. The fraction of sp³-hybridized carbons (Fsp3) is 0.200. The van der Waals surface area contributed by atoms with E-state index >= 15 is 0 Å². The van der Waals surface area contributed by atoms with E-state index in [4.69, 9.17) is 22.1 Å². The minimum absolute atomic E-state index is 0.100. The summed E-state index contributed by atoms with van der Waals surface area (Å²) in [6.45, 7) is 2.29. The van der Waals surface area contributed by atoms with E-state index < -0.39 is 0 Å². The van der Waals surface area contributed by atoms with Crippen LogP contribution in [0.25, 0.3) is 0 Å². The maximum Gasteiger partial charge on any atom is 0.322 e. The van der Waals surface area contributed by atoms with Gasteiger partial charge in [-0.25, -0.2) is 4.98 Å². The number of nitrogens with two attached hydrogens (primary N) is 1. The summed E-state index contributed by atoms with van der Waals surface area (Å²) in [5, 5.41) is 1.53. The molecule has 0 saturated carbocycles. The lowest BCUT2D eigenvalue weighted by Gasteiger charge is -2.04. The van der Waals surface area contributed by atoms with Gasteiger partial charge in [-0.1, -0.05) is 11.6 Å². The Kier molecular flexibility index (Phi) is 4.16. The fourth-order valence-electron chi connectivity index (χ4n) is 1.12. The van der Waals surface area contributed by atoms with Crippen molar-refractivity contribution in [3.8, 4) is 6.01 Å². The van der Waals surface area contributed by atoms with Gasteiger partial charge in [-0.2, -0.15) is 15.0 Å². The second-order valence-corrected chi connectivity index (χ2v) is 4.45. The summed E-state index contributed by atoms with van der Waals surface area (Å²) in [6, 6.07) is 3.68. The highest BCUT2D eigenvalue weighted by molar-refractivity contribution is 7.99. The molecule has 0 unspecified atom stereocenters. The third-order valence-electron chi connectivity index (χ3n) is 1.80. The number of hydrogen-bond donors (Lipinski definition) is 1. The van der Waals surface area contributed by atoms with E-state index in [0.29, 0.717) is 21.8 Å². The van der Waals surface area contributed by atoms with Crippen LogP contribution in [0.4, 0.5) is 5.95 Å². The van der Waals surface area contributed by atoms with E-state index in [2.05, 4.69) is 19.9 Å². The molecule has 2 aromatic heterocycles. The number of anilines is 1. The highest BCUT2D eigenvalue weighted by Crippen LogP contribution is 2.29. The molecule has 0 aliphatic heterocycles. The molecule has 0 aliphatic rings. The SMILES string of the molecule is CCOc1nc(N)nc(Sc2ncccc2Cl)n1. The molecule has 6 nitrogen and oxygen atoms in total. The highest BCUT2D eigenvalue weighted by atomic mass is 35.5. The van der Waals surface area contributed by atoms with Gasteiger partial charge < -0.3 is 10.5 Å². The number of hydrogen-bond acceptors (Lipinski definition) is 7. The molecule has 2 aromatic rings. The number of pyridine rings is 1. The molecule has 0 radical (unpaired) electrons. The van der Waals surface area contributed by atoms with Gasteiger partial charge in [-0.05, 0) is 30.8 Å². The number of halogens is 1. The Hall–Kier alpha value is -1.60. The number of ether oxygens (including phenoxy) is 1. The average molecular weight is 284 g/mol. The van der Waals surface area contributed by atoms with E-state index in [0.717, 1.165) is 0 Å². The van der Waals surface area contributed by atoms with Crippen molar-refractivity contribution in [3.05, 3.63) is 23.4 Å². The van der Waals surface area contributed by atoms with E-state index in [-0.39, 0.29) is 12.0 Å². The van der Waals surface area contributed by atoms with Gasteiger partial charge >= 0.3 is 6.01 Å². The van der Waals surface area contributed by atoms with Crippen LogP contribution >= 0.6 is 23.4 Å². The van der Waals surface area contributed by atoms with Gasteiger partial charge in [0.05, 0.1) is 11.6 Å². The van der Waals surface area contributed by atoms with Crippen LogP contribution in [-0.4, -0.2) is 26.5 Å². The maximum atomic E-state index is 6.00. The zero-order chi connectivity index (χ0) is 13.0. The first-order valence-electron chi connectivity index (χ1n) is 5.11. The van der Waals surface area contributed by atoms with Crippen LogP contribution in [0, 0.1) is 0 Å². The van der Waals surface area contributed by atoms with Crippen molar-refractivity contribution >= 4 is 29.3 Å². The van der Waals surface area contributed by atoms with E-state index in [1.165, 1.54) is 11.8 Å². The van der Waals surface area contributed by atoms with Crippen molar-refractivity contribution < 1.29 is 4.74 Å². The molecule has 0 fully saturated rings. The Labute approximate surface area is 113 Å². The number of nitrogens with zero attached hydrogens (tertiary/aromatic N) is 4. The first-order valence-corrected chi connectivity index (χ1v) is 6.31. The predicted molar refractivity (Wildman–Crippen MR) is 68.8 cm³/mol. The minimum atomic E-state index is 0.100. The van der Waals surface area contributed by atoms with Gasteiger partial charge in [0.25, 0.3) is 0 Å². The van der Waals surface area contributed by atoms with Crippen molar-refractivity contribution in [2.75, 3.05) is 12.3 Å². The zero-order valence-electron chi connectivity index (χ0n) is 9.50. The van der Waals surface area contributed by atoms with Gasteiger partial charge in [0, 0.05) is 6.20 Å². The standard InChI is InChI=1S/C10H10ClN5OS/c1-2-17-9-14-8(12)15-10(16-9)18-7-6(11)4-3-5-13-7/h3-5H,2H2,1H3,(H2,12,14,15,16). The van der Waals surface area contributed by atoms with Crippen LogP contribution in [0.3, 0.4) is 0 Å². The summed E-state index contributed by atoms with van der Waals surface area (Å²) in [5.74, 6) is 0.100. The van der Waals surface area contributed by atoms with Crippen molar-refractivity contribution in [2.45, 2.75) is 17.1 Å². The predicted octanol–water partition coefficient (Wildman–Crippen LogP) is 2.05. The highest BCUT2D eigenvalue weighted by Gasteiger charge is 2.09. The molecule has 0 atom stereocenters. The lowest BCUT2D eigenvalue weighted by molar-refractivity contribution is 0.308. The van der Waals surface area contributed by atoms with Gasteiger partial charge in [0.15, 0.2) is 0 Å². The summed E-state index contributed by atoms with van der Waals surface area (Å²) in [4.78, 5) is 16.1. The van der Waals surface area contributed by atoms with Gasteiger partial charge in [-0.3, -0.25) is 0 Å². The van der Waals surface area contributed by atoms with Crippen LogP contribution in [0.1, 0.15) is 6.92 Å². The third kappa shape index (κ3) is 3.21. The van der Waals surface area contributed by atoms with Gasteiger partial charge in [0.1, 0.15) is 5.03 Å². The minimum Gasteiger partial charge on any atom is -0.464 e. The Morgan fingerprint density at radius 2 is 2.22 bits per heavy atom. The van der Waals surface area contributed by atoms with Crippen LogP contribution in [0.15, 0.2) is 28.5 Å². The zero-order valence-corrected chi connectivity index (χ0v) is 11.1. The Balaban J connectivity index is 2.26. The molecule has 2 rings (SSSR count). The normalized spacial score (nSPS) is 10.3. The van der Waals surface area contributed by atoms with E-state index in [9.17, 15) is 0 Å². The topological polar surface area (TPSA) is 86.8 Å². The van der Waals surface area contributed by atoms with Crippen molar-refractivity contribution in [1.29, 1.82) is 0 Å². The molecule has 0 aromatic carbocycles. The maximum absolute atomic E-state index is 6.00. The van der Waals surface area contributed by atoms with E-state index in [1.54, 1.807) is 18.3 Å². The average Bonchev–Trinajstić information content (AvgIpc) is 2.32. The Morgan fingerprint density at radius 3 is 2.94 bits per heavy atom. The summed E-state index contributed by atoms with van der Waals surface area (Å²) in [5.41, 5.74) is 5.57. The van der Waals surface area contributed by atoms with Crippen molar-refractivity contribution in [2.24, 2.45) is 0 Å². The lowest BCUT2D eigenvalue weighted by atomic mass is 10.5. The van der Waals surface area contributed by atoms with Gasteiger partial charge in [-0.15, -0.1) is 0 Å². The molecular formula is C10H10ClN5OS. The first-order chi connectivity index (χ1) is 8.69. The molecule has 0 bridgehead atoms. The molecule has 0 saturated heterocycles. The van der Waals surface area contributed by atoms with Crippen molar-refractivity contribution in [1.82, 2.24) is 19.9 Å². The first kappa shape index (κ1) is 12.8. The molecule has 0 spiro atoms. The van der Waals surface area contributed by atoms with Crippen molar-refractivity contribution in [3.63, 3.8) is 0 Å². The largest absolute Gasteiger partial charge is 0.464 e. The number of rotatable bonds is 4. The van der Waals surface area contributed by atoms with Gasteiger partial charge in [0.2, 0.25) is 11.1 Å². The second kappa shape index (κ2) is 5.83. The summed E-state index contributed by atoms with van der Waals surface area (Å²) >= 11 is 7.20. The van der Waals surface area contributed by atoms with E-state index in [1.807, 2.05) is 6.92 Å². The smallest absolute Gasteiger partial charge is 0.322 e. The molecule has 18 heavy (non-hydrogen) atoms. The molecule has 94 valence electrons. The molecule has 8 heteroatoms. The second-order valence-electron chi connectivity index (χ2n) is 3.08. The summed E-state index contributed by atoms with van der Waals surface area (Å²) in [7, 11) is 0. The quantitative estimate of drug-likeness (QED) is 0.919. The number of aromatic nitrogens is 4. The summed E-state index contributed by atoms with van der Waals surface area (Å²) < 4.78 is 5.19. The molecule has 0 amide bonds. The Bertz CT molecular complexity index is 554. The summed E-state index contributed by atoms with van der Waals surface area (Å²) in [6.07, 6.45) is 1.64. The number of nitrogen functional groups attached to an aromatic ring is 1. The lowest BCUT2D eigenvalue weighted by Crippen LogP contribution is -2.04. The van der Waals surface area contributed by atoms with Crippen LogP contribution in [0.2, 0.25) is 5.02 Å². The van der Waals surface area contributed by atoms with Crippen LogP contribution in [0.5, 0.6) is 6.01 Å².